The van der Waals surface area contributed by atoms with Gasteiger partial charge in [0.05, 0.1) is 12.1 Å². The van der Waals surface area contributed by atoms with E-state index < -0.39 is 11.7 Å². The van der Waals surface area contributed by atoms with E-state index in [1.807, 2.05) is 62.8 Å². The molecule has 5 nitrogen and oxygen atoms in total. The zero-order chi connectivity index (χ0) is 21.6. The number of aromatic nitrogens is 1. The van der Waals surface area contributed by atoms with Crippen LogP contribution in [0.4, 0.5) is 10.5 Å². The van der Waals surface area contributed by atoms with Gasteiger partial charge in [-0.25, -0.2) is 4.79 Å². The number of hydrogen-bond donors (Lipinski definition) is 2. The predicted octanol–water partition coefficient (Wildman–Crippen LogP) is 6.02. The summed E-state index contributed by atoms with van der Waals surface area (Å²) in [5.74, 6) is 0. The number of benzene rings is 2. The van der Waals surface area contributed by atoms with E-state index in [0.29, 0.717) is 11.6 Å². The van der Waals surface area contributed by atoms with Gasteiger partial charge >= 0.3 is 6.09 Å². The van der Waals surface area contributed by atoms with Crippen LogP contribution < -0.4 is 10.6 Å². The number of carbonyl (C=O) groups excluding carboxylic acids is 1. The summed E-state index contributed by atoms with van der Waals surface area (Å²) in [5.41, 5.74) is 5.63. The van der Waals surface area contributed by atoms with Crippen molar-refractivity contribution < 1.29 is 9.53 Å². The van der Waals surface area contributed by atoms with Crippen molar-refractivity contribution in [3.63, 3.8) is 0 Å². The van der Waals surface area contributed by atoms with Crippen molar-refractivity contribution in [2.24, 2.45) is 0 Å². The summed E-state index contributed by atoms with van der Waals surface area (Å²) in [6, 6.07) is 14.0. The van der Waals surface area contributed by atoms with Crippen LogP contribution >= 0.6 is 22.9 Å². The molecule has 30 heavy (non-hydrogen) atoms. The fraction of sp³-hybridized carbons (Fsp3) is 0.304. The number of nitrogens with zero attached hydrogens (tertiary/aromatic N) is 1. The molecular formula is C23H26ClN3O2S. The summed E-state index contributed by atoms with van der Waals surface area (Å²) in [4.78, 5) is 17.2. The second-order valence-corrected chi connectivity index (χ2v) is 9.38. The fourth-order valence-corrected chi connectivity index (χ4v) is 3.68. The minimum Gasteiger partial charge on any atom is -0.444 e. The van der Waals surface area contributed by atoms with Crippen LogP contribution in [0.3, 0.4) is 0 Å². The van der Waals surface area contributed by atoms with E-state index >= 15 is 0 Å². The van der Waals surface area contributed by atoms with Gasteiger partial charge in [0.15, 0.2) is 0 Å². The van der Waals surface area contributed by atoms with Crippen LogP contribution in [0.2, 0.25) is 5.02 Å². The Kier molecular flexibility index (Phi) is 7.34. The lowest BCUT2D eigenvalue weighted by molar-refractivity contribution is 0.0523. The zero-order valence-corrected chi connectivity index (χ0v) is 18.9. The maximum absolute atomic E-state index is 11.9. The molecule has 0 radical (unpaired) electrons. The number of anilines is 1. The van der Waals surface area contributed by atoms with Crippen molar-refractivity contribution in [2.45, 2.75) is 45.9 Å². The molecule has 2 N–H and O–H groups in total. The lowest BCUT2D eigenvalue weighted by Gasteiger charge is -2.19. The molecule has 158 valence electrons. The van der Waals surface area contributed by atoms with E-state index in [2.05, 4.69) is 27.8 Å². The Morgan fingerprint density at radius 2 is 1.93 bits per heavy atom. The Bertz CT molecular complexity index is 984. The lowest BCUT2D eigenvalue weighted by Crippen LogP contribution is -2.32. The number of alkyl carbamates (subject to hydrolysis) is 1. The lowest BCUT2D eigenvalue weighted by atomic mass is 10.0. The Labute approximate surface area is 186 Å². The summed E-state index contributed by atoms with van der Waals surface area (Å²) < 4.78 is 5.30. The Morgan fingerprint density at radius 3 is 2.67 bits per heavy atom. The van der Waals surface area contributed by atoms with E-state index in [0.717, 1.165) is 35.3 Å². The number of nitrogens with one attached hydrogen (secondary N) is 2. The van der Waals surface area contributed by atoms with Crippen LogP contribution in [-0.4, -0.2) is 16.7 Å². The molecule has 1 amide bonds. The van der Waals surface area contributed by atoms with Crippen LogP contribution in [0, 0.1) is 0 Å². The number of hydrogen-bond acceptors (Lipinski definition) is 5. The Hall–Kier alpha value is -2.57. The summed E-state index contributed by atoms with van der Waals surface area (Å²) >= 11 is 7.88. The number of amides is 1. The molecule has 3 rings (SSSR count). The van der Waals surface area contributed by atoms with Crippen molar-refractivity contribution in [1.82, 2.24) is 10.3 Å². The minimum absolute atomic E-state index is 0.411. The molecule has 0 aliphatic heterocycles. The van der Waals surface area contributed by atoms with Crippen molar-refractivity contribution >= 4 is 34.7 Å². The molecule has 3 aromatic rings. The fourth-order valence-electron chi connectivity index (χ4n) is 2.95. The molecule has 0 fully saturated rings. The van der Waals surface area contributed by atoms with E-state index in [9.17, 15) is 4.79 Å². The third-order valence-corrected chi connectivity index (χ3v) is 5.24. The first-order chi connectivity index (χ1) is 14.3. The topological polar surface area (TPSA) is 63.2 Å². The number of halogens is 1. The number of ether oxygens (including phenoxy) is 1. The van der Waals surface area contributed by atoms with Gasteiger partial charge in [0.25, 0.3) is 0 Å². The van der Waals surface area contributed by atoms with Gasteiger partial charge in [-0.15, -0.1) is 11.3 Å². The van der Waals surface area contributed by atoms with Crippen LogP contribution in [-0.2, 0) is 24.2 Å². The first-order valence-electron chi connectivity index (χ1n) is 9.73. The van der Waals surface area contributed by atoms with Gasteiger partial charge in [0.1, 0.15) is 5.60 Å². The summed E-state index contributed by atoms with van der Waals surface area (Å²) in [7, 11) is 0. The molecule has 0 bridgehead atoms. The highest BCUT2D eigenvalue weighted by molar-refractivity contribution is 7.09. The maximum atomic E-state index is 11.9. The van der Waals surface area contributed by atoms with Crippen molar-refractivity contribution in [3.8, 4) is 0 Å². The SMILES string of the molecule is CC(C)(C)OC(=O)NCc1cccc(Cc2cc(Cl)ccc2NCc2cncs2)c1. The summed E-state index contributed by atoms with van der Waals surface area (Å²) in [5, 5.41) is 6.99. The van der Waals surface area contributed by atoms with Gasteiger partial charge in [-0.2, -0.15) is 0 Å². The molecular weight excluding hydrogens is 418 g/mol. The Morgan fingerprint density at radius 1 is 1.13 bits per heavy atom. The zero-order valence-electron chi connectivity index (χ0n) is 17.4. The molecule has 0 saturated carbocycles. The highest BCUT2D eigenvalue weighted by Gasteiger charge is 2.15. The van der Waals surface area contributed by atoms with E-state index in [4.69, 9.17) is 16.3 Å². The smallest absolute Gasteiger partial charge is 0.407 e. The van der Waals surface area contributed by atoms with Gasteiger partial charge < -0.3 is 15.4 Å². The first-order valence-corrected chi connectivity index (χ1v) is 11.0. The third kappa shape index (κ3) is 7.04. The molecule has 0 unspecified atom stereocenters. The monoisotopic (exact) mass is 443 g/mol. The molecule has 0 atom stereocenters. The summed E-state index contributed by atoms with van der Waals surface area (Å²) in [6.45, 7) is 6.67. The molecule has 0 aliphatic rings. The molecule has 1 aromatic heterocycles. The number of rotatable bonds is 7. The van der Waals surface area contributed by atoms with E-state index in [1.165, 1.54) is 4.88 Å². The van der Waals surface area contributed by atoms with Gasteiger partial charge in [0.2, 0.25) is 0 Å². The van der Waals surface area contributed by atoms with Gasteiger partial charge in [0, 0.05) is 28.3 Å². The van der Waals surface area contributed by atoms with Crippen LogP contribution in [0.1, 0.15) is 42.3 Å². The molecule has 0 spiro atoms. The molecule has 0 saturated heterocycles. The van der Waals surface area contributed by atoms with Crippen molar-refractivity contribution in [3.05, 3.63) is 80.8 Å². The largest absolute Gasteiger partial charge is 0.444 e. The second-order valence-electron chi connectivity index (χ2n) is 7.97. The normalized spacial score (nSPS) is 11.2. The average Bonchev–Trinajstić information content (AvgIpc) is 3.18. The van der Waals surface area contributed by atoms with Gasteiger partial charge in [-0.1, -0.05) is 35.9 Å². The minimum atomic E-state index is -0.513. The second kappa shape index (κ2) is 9.96. The van der Waals surface area contributed by atoms with Crippen LogP contribution in [0.15, 0.2) is 54.2 Å². The first kappa shape index (κ1) is 22.1. The van der Waals surface area contributed by atoms with E-state index in [1.54, 1.807) is 11.3 Å². The molecule has 0 aliphatic carbocycles. The predicted molar refractivity (Wildman–Crippen MR) is 123 cm³/mol. The van der Waals surface area contributed by atoms with Gasteiger partial charge in [-0.05, 0) is 62.1 Å². The van der Waals surface area contributed by atoms with Crippen molar-refractivity contribution in [1.29, 1.82) is 0 Å². The maximum Gasteiger partial charge on any atom is 0.407 e. The summed E-state index contributed by atoms with van der Waals surface area (Å²) in [6.07, 6.45) is 2.18. The van der Waals surface area contributed by atoms with E-state index in [-0.39, 0.29) is 0 Å². The Balaban J connectivity index is 1.66. The van der Waals surface area contributed by atoms with Gasteiger partial charge in [-0.3, -0.25) is 4.98 Å². The highest BCUT2D eigenvalue weighted by atomic mass is 35.5. The number of thiazole rings is 1. The standard InChI is InChI=1S/C23H26ClN3O2S/c1-23(2,3)29-22(28)27-12-17-6-4-5-16(9-17)10-18-11-19(24)7-8-21(18)26-14-20-13-25-15-30-20/h4-9,11,13,15,26H,10,12,14H2,1-3H3,(H,27,28). The molecule has 1 heterocycles. The average molecular weight is 444 g/mol. The van der Waals surface area contributed by atoms with Crippen molar-refractivity contribution in [2.75, 3.05) is 5.32 Å². The quantitative estimate of drug-likeness (QED) is 0.468. The highest BCUT2D eigenvalue weighted by Crippen LogP contribution is 2.25. The van der Waals surface area contributed by atoms with Crippen LogP contribution in [0.5, 0.6) is 0 Å². The molecule has 2 aromatic carbocycles. The molecule has 7 heteroatoms. The van der Waals surface area contributed by atoms with Crippen LogP contribution in [0.25, 0.3) is 0 Å². The number of carbonyl (C=O) groups is 1. The third-order valence-electron chi connectivity index (χ3n) is 4.23.